The Kier molecular flexibility index (Phi) is 6.49. The molecule has 16 heavy (non-hydrogen) atoms. The van der Waals surface area contributed by atoms with Gasteiger partial charge in [-0.15, -0.1) is 6.58 Å². The van der Waals surface area contributed by atoms with Gasteiger partial charge in [-0.05, 0) is 5.56 Å². The number of rotatable bonds is 5. The molecule has 1 aliphatic rings. The third-order valence-corrected chi connectivity index (χ3v) is 1.97. The lowest BCUT2D eigenvalue weighted by Gasteiger charge is -1.92. The Morgan fingerprint density at radius 2 is 2.12 bits per heavy atom. The van der Waals surface area contributed by atoms with Crippen molar-refractivity contribution in [3.8, 4) is 0 Å². The van der Waals surface area contributed by atoms with Gasteiger partial charge in [0, 0.05) is 0 Å². The lowest BCUT2D eigenvalue weighted by atomic mass is 10.2. The minimum Gasteiger partial charge on any atom is -0.392 e. The molecule has 0 aliphatic carbocycles. The molecule has 1 aromatic rings. The van der Waals surface area contributed by atoms with Crippen LogP contribution in [0.2, 0.25) is 0 Å². The van der Waals surface area contributed by atoms with Gasteiger partial charge in [0.1, 0.15) is 6.10 Å². The second kappa shape index (κ2) is 8.05. The summed E-state index contributed by atoms with van der Waals surface area (Å²) in [6.45, 7) is 5.89. The predicted octanol–water partition coefficient (Wildman–Crippen LogP) is 1.77. The number of aliphatic hydroxyl groups excluding tert-OH is 1. The number of ether oxygens (including phenoxy) is 2. The first-order chi connectivity index (χ1) is 7.86. The predicted molar refractivity (Wildman–Crippen MR) is 63.1 cm³/mol. The van der Waals surface area contributed by atoms with Crippen LogP contribution in [0.5, 0.6) is 0 Å². The van der Waals surface area contributed by atoms with Crippen molar-refractivity contribution in [1.29, 1.82) is 0 Å². The lowest BCUT2D eigenvalue weighted by molar-refractivity contribution is 0.141. The summed E-state index contributed by atoms with van der Waals surface area (Å²) in [5, 5.41) is 8.54. The monoisotopic (exact) mass is 222 g/mol. The topological polar surface area (TPSA) is 42.0 Å². The molecule has 0 amide bonds. The van der Waals surface area contributed by atoms with Gasteiger partial charge >= 0.3 is 0 Å². The highest BCUT2D eigenvalue weighted by molar-refractivity contribution is 5.12. The number of aliphatic hydroxyl groups is 1. The highest BCUT2D eigenvalue weighted by Gasteiger charge is 2.21. The first kappa shape index (κ1) is 12.9. The second-order valence-electron chi connectivity index (χ2n) is 3.43. The van der Waals surface area contributed by atoms with Gasteiger partial charge in [-0.2, -0.15) is 0 Å². The number of benzene rings is 1. The zero-order chi connectivity index (χ0) is 11.6. The van der Waals surface area contributed by atoms with E-state index in [2.05, 4.69) is 6.58 Å². The molecule has 1 unspecified atom stereocenters. The van der Waals surface area contributed by atoms with E-state index in [-0.39, 0.29) is 6.61 Å². The summed E-state index contributed by atoms with van der Waals surface area (Å²) in [5.74, 6) is 0. The molecule has 1 N–H and O–H groups in total. The first-order valence-corrected chi connectivity index (χ1v) is 5.32. The molecule has 88 valence electrons. The molecule has 0 aromatic heterocycles. The Morgan fingerprint density at radius 1 is 1.44 bits per heavy atom. The van der Waals surface area contributed by atoms with Crippen molar-refractivity contribution >= 4 is 0 Å². The third kappa shape index (κ3) is 6.35. The van der Waals surface area contributed by atoms with Gasteiger partial charge in [0.2, 0.25) is 0 Å². The molecule has 1 aromatic carbocycles. The van der Waals surface area contributed by atoms with Crippen LogP contribution in [-0.4, -0.2) is 31.0 Å². The maximum Gasteiger partial charge on any atom is 0.104 e. The Labute approximate surface area is 96.3 Å². The first-order valence-electron chi connectivity index (χ1n) is 5.32. The summed E-state index contributed by atoms with van der Waals surface area (Å²) < 4.78 is 9.96. The zero-order valence-corrected chi connectivity index (χ0v) is 9.34. The lowest BCUT2D eigenvalue weighted by Crippen LogP contribution is -2.00. The van der Waals surface area contributed by atoms with Crippen LogP contribution in [0.1, 0.15) is 5.56 Å². The molecular weight excluding hydrogens is 204 g/mol. The van der Waals surface area contributed by atoms with Crippen molar-refractivity contribution in [2.24, 2.45) is 0 Å². The van der Waals surface area contributed by atoms with Crippen molar-refractivity contribution in [3.05, 3.63) is 48.6 Å². The molecule has 0 saturated carbocycles. The molecule has 0 radical (unpaired) electrons. The molecule has 1 saturated heterocycles. The maximum absolute atomic E-state index is 8.54. The highest BCUT2D eigenvalue weighted by atomic mass is 16.6. The van der Waals surface area contributed by atoms with Crippen LogP contribution in [0.25, 0.3) is 0 Å². The average Bonchev–Trinajstić information content (AvgIpc) is 3.15. The van der Waals surface area contributed by atoms with Crippen LogP contribution in [0.3, 0.4) is 0 Å². The summed E-state index contributed by atoms with van der Waals surface area (Å²) in [5.41, 5.74) is 0.965. The summed E-state index contributed by atoms with van der Waals surface area (Å²) >= 11 is 0. The minimum absolute atomic E-state index is 0.140. The van der Waals surface area contributed by atoms with Crippen molar-refractivity contribution in [1.82, 2.24) is 0 Å². The number of epoxide rings is 1. The summed E-state index contributed by atoms with van der Waals surface area (Å²) in [6, 6.07) is 9.52. The maximum atomic E-state index is 8.54. The molecule has 1 fully saturated rings. The Balaban J connectivity index is 0.000000160. The van der Waals surface area contributed by atoms with E-state index in [4.69, 9.17) is 14.6 Å². The Hall–Kier alpha value is -1.16. The quantitative estimate of drug-likeness (QED) is 0.469. The second-order valence-corrected chi connectivity index (χ2v) is 3.43. The molecule has 1 aliphatic heterocycles. The van der Waals surface area contributed by atoms with Gasteiger partial charge in [0.25, 0.3) is 0 Å². The SMILES string of the molecule is C=CCOCC1CO1.OCc1ccccc1. The van der Waals surface area contributed by atoms with Gasteiger partial charge in [-0.25, -0.2) is 0 Å². The average molecular weight is 222 g/mol. The largest absolute Gasteiger partial charge is 0.392 e. The van der Waals surface area contributed by atoms with Crippen LogP contribution >= 0.6 is 0 Å². The van der Waals surface area contributed by atoms with Gasteiger partial charge in [0.15, 0.2) is 0 Å². The smallest absolute Gasteiger partial charge is 0.104 e. The van der Waals surface area contributed by atoms with Crippen molar-refractivity contribution in [2.75, 3.05) is 19.8 Å². The van der Waals surface area contributed by atoms with E-state index in [0.29, 0.717) is 12.7 Å². The van der Waals surface area contributed by atoms with Crippen LogP contribution in [0.4, 0.5) is 0 Å². The normalized spacial score (nSPS) is 17.2. The molecule has 3 heteroatoms. The van der Waals surface area contributed by atoms with Crippen LogP contribution in [0, 0.1) is 0 Å². The summed E-state index contributed by atoms with van der Waals surface area (Å²) in [6.07, 6.45) is 2.12. The zero-order valence-electron chi connectivity index (χ0n) is 9.34. The summed E-state index contributed by atoms with van der Waals surface area (Å²) in [4.78, 5) is 0. The van der Waals surface area contributed by atoms with E-state index in [1.54, 1.807) is 6.08 Å². The molecule has 2 rings (SSSR count). The van der Waals surface area contributed by atoms with E-state index in [1.165, 1.54) is 0 Å². The van der Waals surface area contributed by atoms with Crippen molar-refractivity contribution in [3.63, 3.8) is 0 Å². The van der Waals surface area contributed by atoms with Gasteiger partial charge < -0.3 is 14.6 Å². The molecule has 0 bridgehead atoms. The molecule has 0 spiro atoms. The third-order valence-electron chi connectivity index (χ3n) is 1.97. The molecule has 3 nitrogen and oxygen atoms in total. The van der Waals surface area contributed by atoms with Gasteiger partial charge in [0.05, 0.1) is 26.4 Å². The van der Waals surface area contributed by atoms with Crippen molar-refractivity contribution < 1.29 is 14.6 Å². The standard InChI is InChI=1S/C7H8O.C6H10O2/c8-6-7-4-2-1-3-5-7;1-2-3-7-4-6-5-8-6/h1-5,8H,6H2;2,6H,1,3-5H2. The van der Waals surface area contributed by atoms with Gasteiger partial charge in [-0.1, -0.05) is 36.4 Å². The van der Waals surface area contributed by atoms with E-state index >= 15 is 0 Å². The van der Waals surface area contributed by atoms with Crippen LogP contribution in [-0.2, 0) is 16.1 Å². The fraction of sp³-hybridized carbons (Fsp3) is 0.385. The van der Waals surface area contributed by atoms with Gasteiger partial charge in [-0.3, -0.25) is 0 Å². The fourth-order valence-corrected chi connectivity index (χ4v) is 1.03. The number of hydrogen-bond acceptors (Lipinski definition) is 3. The van der Waals surface area contributed by atoms with Crippen molar-refractivity contribution in [2.45, 2.75) is 12.7 Å². The summed E-state index contributed by atoms with van der Waals surface area (Å²) in [7, 11) is 0. The minimum atomic E-state index is 0.140. The van der Waals surface area contributed by atoms with Crippen LogP contribution < -0.4 is 0 Å². The highest BCUT2D eigenvalue weighted by Crippen LogP contribution is 2.07. The Bertz CT molecular complexity index is 280. The molecular formula is C13H18O3. The van der Waals surface area contributed by atoms with Crippen LogP contribution in [0.15, 0.2) is 43.0 Å². The fourth-order valence-electron chi connectivity index (χ4n) is 1.03. The number of hydrogen-bond donors (Lipinski definition) is 1. The van der Waals surface area contributed by atoms with E-state index in [0.717, 1.165) is 18.8 Å². The Morgan fingerprint density at radius 3 is 2.56 bits per heavy atom. The van der Waals surface area contributed by atoms with E-state index in [9.17, 15) is 0 Å². The van der Waals surface area contributed by atoms with E-state index < -0.39 is 0 Å². The van der Waals surface area contributed by atoms with E-state index in [1.807, 2.05) is 30.3 Å². The molecule has 1 heterocycles. The molecule has 1 atom stereocenters.